The van der Waals surface area contributed by atoms with E-state index in [-0.39, 0.29) is 11.9 Å². The Morgan fingerprint density at radius 3 is 2.52 bits per heavy atom. The monoisotopic (exact) mass is 372 g/mol. The summed E-state index contributed by atoms with van der Waals surface area (Å²) in [6.07, 6.45) is 5.05. The molecule has 7 nitrogen and oxygen atoms in total. The van der Waals surface area contributed by atoms with Crippen molar-refractivity contribution in [2.45, 2.75) is 43.0 Å². The van der Waals surface area contributed by atoms with Crippen molar-refractivity contribution in [3.8, 4) is 0 Å². The Labute approximate surface area is 146 Å². The van der Waals surface area contributed by atoms with Crippen molar-refractivity contribution in [3.05, 3.63) is 29.6 Å². The Morgan fingerprint density at radius 1 is 1.28 bits per heavy atom. The number of esters is 1. The van der Waals surface area contributed by atoms with Gasteiger partial charge in [0.25, 0.3) is 5.91 Å². The predicted octanol–water partition coefficient (Wildman–Crippen LogP) is 1.42. The highest BCUT2D eigenvalue weighted by Gasteiger charge is 2.24. The highest BCUT2D eigenvalue weighted by Crippen LogP contribution is 2.22. The van der Waals surface area contributed by atoms with Gasteiger partial charge in [-0.15, -0.1) is 0 Å². The summed E-state index contributed by atoms with van der Waals surface area (Å²) in [6, 6.07) is 2.67. The summed E-state index contributed by atoms with van der Waals surface area (Å²) in [5, 5.41) is 4.96. The SMILES string of the molecule is CN(C(=O)COC(=O)c1cc(S(N)(=O)=O)ccc1F)C1CCCCC1. The van der Waals surface area contributed by atoms with Crippen LogP contribution in [-0.4, -0.2) is 44.9 Å². The van der Waals surface area contributed by atoms with E-state index in [4.69, 9.17) is 9.88 Å². The molecule has 0 saturated heterocycles. The minimum Gasteiger partial charge on any atom is -0.452 e. The quantitative estimate of drug-likeness (QED) is 0.787. The average molecular weight is 372 g/mol. The van der Waals surface area contributed by atoms with Gasteiger partial charge >= 0.3 is 5.97 Å². The lowest BCUT2D eigenvalue weighted by Crippen LogP contribution is -2.40. The molecule has 0 aliphatic heterocycles. The molecule has 0 atom stereocenters. The first-order chi connectivity index (χ1) is 11.7. The Balaban J connectivity index is 2.01. The van der Waals surface area contributed by atoms with Gasteiger partial charge in [-0.1, -0.05) is 19.3 Å². The molecular weight excluding hydrogens is 351 g/mol. The molecular formula is C16H21FN2O5S. The maximum atomic E-state index is 13.8. The van der Waals surface area contributed by atoms with E-state index in [1.54, 1.807) is 11.9 Å². The van der Waals surface area contributed by atoms with E-state index in [1.165, 1.54) is 0 Å². The number of nitrogens with two attached hydrogens (primary N) is 1. The van der Waals surface area contributed by atoms with Gasteiger partial charge < -0.3 is 9.64 Å². The van der Waals surface area contributed by atoms with Crippen LogP contribution in [0.2, 0.25) is 0 Å². The minimum absolute atomic E-state index is 0.113. The number of amides is 1. The number of halogens is 1. The van der Waals surface area contributed by atoms with Crippen LogP contribution in [0.25, 0.3) is 0 Å². The van der Waals surface area contributed by atoms with Crippen LogP contribution < -0.4 is 5.14 Å². The third kappa shape index (κ3) is 4.99. The summed E-state index contributed by atoms with van der Waals surface area (Å²) < 4.78 is 41.2. The molecule has 9 heteroatoms. The standard InChI is InChI=1S/C16H21FN2O5S/c1-19(11-5-3-2-4-6-11)15(20)10-24-16(21)13-9-12(25(18,22)23)7-8-14(13)17/h7-9,11H,2-6,10H2,1H3,(H2,18,22,23). The molecule has 0 bridgehead atoms. The molecule has 1 aliphatic carbocycles. The van der Waals surface area contributed by atoms with E-state index in [0.29, 0.717) is 0 Å². The van der Waals surface area contributed by atoms with Crippen molar-refractivity contribution in [3.63, 3.8) is 0 Å². The van der Waals surface area contributed by atoms with Gasteiger partial charge in [0, 0.05) is 13.1 Å². The molecule has 2 N–H and O–H groups in total. The summed E-state index contributed by atoms with van der Waals surface area (Å²) in [6.45, 7) is -0.537. The van der Waals surface area contributed by atoms with Gasteiger partial charge in [-0.25, -0.2) is 22.7 Å². The first kappa shape index (κ1) is 19.3. The maximum absolute atomic E-state index is 13.8. The van der Waals surface area contributed by atoms with E-state index in [1.807, 2.05) is 0 Å². The van der Waals surface area contributed by atoms with Crippen molar-refractivity contribution < 1.29 is 27.1 Å². The fourth-order valence-corrected chi connectivity index (χ4v) is 3.36. The average Bonchev–Trinajstić information content (AvgIpc) is 2.58. The Bertz CT molecular complexity index is 760. The second kappa shape index (κ2) is 7.92. The van der Waals surface area contributed by atoms with Crippen LogP contribution in [0.1, 0.15) is 42.5 Å². The zero-order valence-electron chi connectivity index (χ0n) is 13.9. The van der Waals surface area contributed by atoms with E-state index < -0.39 is 38.9 Å². The summed E-state index contributed by atoms with van der Waals surface area (Å²) in [5.74, 6) is -2.46. The fraction of sp³-hybridized carbons (Fsp3) is 0.500. The number of rotatable bonds is 5. The number of nitrogens with zero attached hydrogens (tertiary/aromatic N) is 1. The second-order valence-corrected chi connectivity index (χ2v) is 7.62. The number of primary sulfonamides is 1. The molecule has 1 amide bonds. The van der Waals surface area contributed by atoms with Gasteiger partial charge in [0.05, 0.1) is 10.5 Å². The molecule has 0 radical (unpaired) electrons. The van der Waals surface area contributed by atoms with Crippen molar-refractivity contribution in [2.75, 3.05) is 13.7 Å². The van der Waals surface area contributed by atoms with Gasteiger partial charge in [0.1, 0.15) is 5.82 Å². The van der Waals surface area contributed by atoms with Gasteiger partial charge in [0.2, 0.25) is 10.0 Å². The summed E-state index contributed by atoms with van der Waals surface area (Å²) in [7, 11) is -2.44. The predicted molar refractivity (Wildman–Crippen MR) is 87.7 cm³/mol. The number of sulfonamides is 1. The maximum Gasteiger partial charge on any atom is 0.341 e. The number of hydrogen-bond acceptors (Lipinski definition) is 5. The van der Waals surface area contributed by atoms with Gasteiger partial charge in [-0.2, -0.15) is 0 Å². The lowest BCUT2D eigenvalue weighted by Gasteiger charge is -2.31. The van der Waals surface area contributed by atoms with Crippen molar-refractivity contribution in [1.29, 1.82) is 0 Å². The zero-order valence-corrected chi connectivity index (χ0v) is 14.7. The molecule has 0 spiro atoms. The number of likely N-dealkylation sites (N-methyl/N-ethyl adjacent to an activating group) is 1. The number of carbonyl (C=O) groups excluding carboxylic acids is 2. The highest BCUT2D eigenvalue weighted by molar-refractivity contribution is 7.89. The van der Waals surface area contributed by atoms with E-state index in [0.717, 1.165) is 50.3 Å². The molecule has 1 fully saturated rings. The Hall–Kier alpha value is -2.00. The smallest absolute Gasteiger partial charge is 0.341 e. The van der Waals surface area contributed by atoms with Gasteiger partial charge in [-0.3, -0.25) is 4.79 Å². The summed E-state index contributed by atoms with van der Waals surface area (Å²) in [4.78, 5) is 25.2. The molecule has 25 heavy (non-hydrogen) atoms. The molecule has 2 rings (SSSR count). The molecule has 1 saturated carbocycles. The van der Waals surface area contributed by atoms with Crippen molar-refractivity contribution in [1.82, 2.24) is 4.90 Å². The first-order valence-electron chi connectivity index (χ1n) is 7.95. The molecule has 1 aromatic rings. The molecule has 138 valence electrons. The largest absolute Gasteiger partial charge is 0.452 e. The third-order valence-corrected chi connectivity index (χ3v) is 5.24. The van der Waals surface area contributed by atoms with E-state index in [2.05, 4.69) is 0 Å². The van der Waals surface area contributed by atoms with Crippen LogP contribution >= 0.6 is 0 Å². The molecule has 1 aromatic carbocycles. The number of hydrogen-bond donors (Lipinski definition) is 1. The number of benzene rings is 1. The molecule has 0 unspecified atom stereocenters. The molecule has 0 heterocycles. The normalized spacial score (nSPS) is 15.6. The lowest BCUT2D eigenvalue weighted by molar-refractivity contribution is -0.135. The lowest BCUT2D eigenvalue weighted by atomic mass is 9.94. The van der Waals surface area contributed by atoms with E-state index in [9.17, 15) is 22.4 Å². The highest BCUT2D eigenvalue weighted by atomic mass is 32.2. The minimum atomic E-state index is -4.08. The van der Waals surface area contributed by atoms with Gasteiger partial charge in [-0.05, 0) is 31.0 Å². The third-order valence-electron chi connectivity index (χ3n) is 4.33. The van der Waals surface area contributed by atoms with Crippen LogP contribution in [0.15, 0.2) is 23.1 Å². The summed E-state index contributed by atoms with van der Waals surface area (Å²) >= 11 is 0. The zero-order chi connectivity index (χ0) is 18.6. The fourth-order valence-electron chi connectivity index (χ4n) is 2.82. The Kier molecular flexibility index (Phi) is 6.12. The van der Waals surface area contributed by atoms with Crippen LogP contribution in [0, 0.1) is 5.82 Å². The van der Waals surface area contributed by atoms with Crippen LogP contribution in [0.5, 0.6) is 0 Å². The second-order valence-electron chi connectivity index (χ2n) is 6.06. The van der Waals surface area contributed by atoms with Crippen LogP contribution in [0.4, 0.5) is 4.39 Å². The van der Waals surface area contributed by atoms with E-state index >= 15 is 0 Å². The van der Waals surface area contributed by atoms with Gasteiger partial charge in [0.15, 0.2) is 6.61 Å². The number of carbonyl (C=O) groups is 2. The Morgan fingerprint density at radius 2 is 1.92 bits per heavy atom. The topological polar surface area (TPSA) is 107 Å². The van der Waals surface area contributed by atoms with Crippen LogP contribution in [-0.2, 0) is 19.6 Å². The molecule has 1 aliphatic rings. The molecule has 0 aromatic heterocycles. The van der Waals surface area contributed by atoms with Crippen molar-refractivity contribution in [2.24, 2.45) is 5.14 Å². The number of ether oxygens (including phenoxy) is 1. The first-order valence-corrected chi connectivity index (χ1v) is 9.50. The summed E-state index contributed by atoms with van der Waals surface area (Å²) in [5.41, 5.74) is -0.584. The van der Waals surface area contributed by atoms with Crippen LogP contribution in [0.3, 0.4) is 0 Å². The van der Waals surface area contributed by atoms with Crippen molar-refractivity contribution >= 4 is 21.9 Å².